The van der Waals surface area contributed by atoms with Gasteiger partial charge in [-0.05, 0) is 26.3 Å². The second-order valence-corrected chi connectivity index (χ2v) is 3.95. The second-order valence-electron chi connectivity index (χ2n) is 3.95. The maximum Gasteiger partial charge on any atom is 0.0537 e. The van der Waals surface area contributed by atoms with Crippen molar-refractivity contribution in [3.63, 3.8) is 0 Å². The number of nitrogens with one attached hydrogen (secondary N) is 1. The first-order chi connectivity index (χ1) is 7.24. The van der Waals surface area contributed by atoms with Crippen LogP contribution in [0.1, 0.15) is 50.9 Å². The molecule has 1 heterocycles. The molecule has 0 bridgehead atoms. The summed E-state index contributed by atoms with van der Waals surface area (Å²) in [6.45, 7) is 10.7. The highest BCUT2D eigenvalue weighted by molar-refractivity contribution is 5.16. The van der Waals surface area contributed by atoms with E-state index in [2.05, 4.69) is 42.8 Å². The molecule has 0 spiro atoms. The van der Waals surface area contributed by atoms with Crippen molar-refractivity contribution in [2.24, 2.45) is 0 Å². The quantitative estimate of drug-likeness (QED) is 0.780. The number of nitrogens with zero attached hydrogens (tertiary/aromatic N) is 2. The molecule has 3 nitrogen and oxygen atoms in total. The second kappa shape index (κ2) is 5.91. The van der Waals surface area contributed by atoms with E-state index in [1.807, 2.05) is 6.20 Å². The predicted octanol–water partition coefficient (Wildman–Crippen LogP) is 2.66. The maximum absolute atomic E-state index is 4.49. The molecule has 0 saturated carbocycles. The summed E-state index contributed by atoms with van der Waals surface area (Å²) in [6, 6.07) is 0.556. The summed E-state index contributed by atoms with van der Waals surface area (Å²) in [5.74, 6) is 0. The van der Waals surface area contributed by atoms with Crippen LogP contribution in [0, 0.1) is 6.92 Å². The van der Waals surface area contributed by atoms with Crippen LogP contribution in [0.3, 0.4) is 0 Å². The molecule has 86 valence electrons. The van der Waals surface area contributed by atoms with Crippen LogP contribution in [0.15, 0.2) is 6.20 Å². The zero-order valence-corrected chi connectivity index (χ0v) is 10.4. The molecule has 3 heteroatoms. The van der Waals surface area contributed by atoms with E-state index in [0.29, 0.717) is 6.04 Å². The monoisotopic (exact) mass is 209 g/mol. The lowest BCUT2D eigenvalue weighted by molar-refractivity contribution is 0.419. The molecule has 0 aliphatic rings. The molecule has 0 unspecified atom stereocenters. The van der Waals surface area contributed by atoms with Crippen molar-refractivity contribution in [3.8, 4) is 0 Å². The van der Waals surface area contributed by atoms with Gasteiger partial charge in [0.05, 0.1) is 12.2 Å². The number of hydrogen-bond donors (Lipinski definition) is 1. The van der Waals surface area contributed by atoms with E-state index in [1.54, 1.807) is 0 Å². The molecule has 0 aliphatic heterocycles. The third-order valence-electron chi connectivity index (χ3n) is 3.00. The Bertz CT molecular complexity index is 287. The number of aromatic nitrogens is 2. The highest BCUT2D eigenvalue weighted by atomic mass is 15.3. The Morgan fingerprint density at radius 2 is 2.00 bits per heavy atom. The van der Waals surface area contributed by atoms with Crippen molar-refractivity contribution in [3.05, 3.63) is 17.5 Å². The van der Waals surface area contributed by atoms with Gasteiger partial charge in [-0.1, -0.05) is 20.8 Å². The normalized spacial score (nSPS) is 11.3. The van der Waals surface area contributed by atoms with E-state index in [-0.39, 0.29) is 0 Å². The van der Waals surface area contributed by atoms with E-state index >= 15 is 0 Å². The van der Waals surface area contributed by atoms with Gasteiger partial charge in [-0.15, -0.1) is 0 Å². The summed E-state index contributed by atoms with van der Waals surface area (Å²) in [4.78, 5) is 0. The minimum Gasteiger partial charge on any atom is -0.313 e. The first-order valence-electron chi connectivity index (χ1n) is 5.98. The molecule has 1 aromatic heterocycles. The van der Waals surface area contributed by atoms with E-state index in [9.17, 15) is 0 Å². The molecule has 0 aliphatic carbocycles. The first kappa shape index (κ1) is 12.2. The fraction of sp³-hybridized carbons (Fsp3) is 0.750. The standard InChI is InChI=1S/C12H23N3/c1-5-12(6-2)15-10(4)11(9-14-15)8-13-7-3/h9,12-13H,5-8H2,1-4H3. The number of rotatable bonds is 6. The van der Waals surface area contributed by atoms with Crippen LogP contribution in [0.2, 0.25) is 0 Å². The van der Waals surface area contributed by atoms with Crippen molar-refractivity contribution >= 4 is 0 Å². The van der Waals surface area contributed by atoms with Crippen LogP contribution in [-0.2, 0) is 6.54 Å². The number of hydrogen-bond acceptors (Lipinski definition) is 2. The average molecular weight is 209 g/mol. The SMILES string of the molecule is CCNCc1cnn(C(CC)CC)c1C. The van der Waals surface area contributed by atoms with E-state index in [1.165, 1.54) is 11.3 Å². The highest BCUT2D eigenvalue weighted by Gasteiger charge is 2.12. The highest BCUT2D eigenvalue weighted by Crippen LogP contribution is 2.18. The van der Waals surface area contributed by atoms with Crippen molar-refractivity contribution < 1.29 is 0 Å². The molecule has 0 amide bonds. The van der Waals surface area contributed by atoms with Crippen LogP contribution >= 0.6 is 0 Å². The molecule has 15 heavy (non-hydrogen) atoms. The summed E-state index contributed by atoms with van der Waals surface area (Å²) in [6.07, 6.45) is 4.30. The zero-order valence-electron chi connectivity index (χ0n) is 10.4. The summed E-state index contributed by atoms with van der Waals surface area (Å²) >= 11 is 0. The summed E-state index contributed by atoms with van der Waals surface area (Å²) in [5, 5.41) is 7.83. The van der Waals surface area contributed by atoms with Crippen LogP contribution in [-0.4, -0.2) is 16.3 Å². The lowest BCUT2D eigenvalue weighted by atomic mass is 10.1. The Labute approximate surface area is 92.9 Å². The van der Waals surface area contributed by atoms with Crippen LogP contribution in [0.4, 0.5) is 0 Å². The lowest BCUT2D eigenvalue weighted by Crippen LogP contribution is -2.14. The minimum absolute atomic E-state index is 0.556. The summed E-state index contributed by atoms with van der Waals surface area (Å²) < 4.78 is 2.17. The summed E-state index contributed by atoms with van der Waals surface area (Å²) in [5.41, 5.74) is 2.63. The van der Waals surface area contributed by atoms with Gasteiger partial charge in [0.15, 0.2) is 0 Å². The van der Waals surface area contributed by atoms with Crippen molar-refractivity contribution in [1.82, 2.24) is 15.1 Å². The fourth-order valence-electron chi connectivity index (χ4n) is 1.89. The molecule has 0 atom stereocenters. The van der Waals surface area contributed by atoms with E-state index < -0.39 is 0 Å². The Morgan fingerprint density at radius 3 is 2.53 bits per heavy atom. The van der Waals surface area contributed by atoms with Gasteiger partial charge < -0.3 is 5.32 Å². The van der Waals surface area contributed by atoms with E-state index in [4.69, 9.17) is 0 Å². The Morgan fingerprint density at radius 1 is 1.33 bits per heavy atom. The molecule has 1 aromatic rings. The molecular weight excluding hydrogens is 186 g/mol. The molecule has 0 aromatic carbocycles. The third kappa shape index (κ3) is 2.81. The third-order valence-corrected chi connectivity index (χ3v) is 3.00. The van der Waals surface area contributed by atoms with Crippen LogP contribution in [0.25, 0.3) is 0 Å². The average Bonchev–Trinajstić information content (AvgIpc) is 2.60. The van der Waals surface area contributed by atoms with Crippen LogP contribution in [0.5, 0.6) is 0 Å². The van der Waals surface area contributed by atoms with Crippen molar-refractivity contribution in [2.45, 2.75) is 53.1 Å². The van der Waals surface area contributed by atoms with Gasteiger partial charge >= 0.3 is 0 Å². The maximum atomic E-state index is 4.49. The van der Waals surface area contributed by atoms with Gasteiger partial charge in [-0.25, -0.2) is 0 Å². The topological polar surface area (TPSA) is 29.9 Å². The minimum atomic E-state index is 0.556. The molecular formula is C12H23N3. The molecule has 1 N–H and O–H groups in total. The van der Waals surface area contributed by atoms with Gasteiger partial charge in [-0.2, -0.15) is 5.10 Å². The van der Waals surface area contributed by atoms with Crippen molar-refractivity contribution in [2.75, 3.05) is 6.54 Å². The van der Waals surface area contributed by atoms with Crippen molar-refractivity contribution in [1.29, 1.82) is 0 Å². The first-order valence-corrected chi connectivity index (χ1v) is 5.98. The Kier molecular flexibility index (Phi) is 4.82. The Balaban J connectivity index is 2.78. The molecule has 0 saturated heterocycles. The smallest absolute Gasteiger partial charge is 0.0537 e. The van der Waals surface area contributed by atoms with E-state index in [0.717, 1.165) is 25.9 Å². The van der Waals surface area contributed by atoms with Gasteiger partial charge in [0.2, 0.25) is 0 Å². The molecule has 0 radical (unpaired) electrons. The molecule has 0 fully saturated rings. The Hall–Kier alpha value is -0.830. The van der Waals surface area contributed by atoms with Gasteiger partial charge in [0.1, 0.15) is 0 Å². The predicted molar refractivity (Wildman–Crippen MR) is 64.0 cm³/mol. The molecule has 1 rings (SSSR count). The van der Waals surface area contributed by atoms with Gasteiger partial charge in [0.25, 0.3) is 0 Å². The van der Waals surface area contributed by atoms with Gasteiger partial charge in [-0.3, -0.25) is 4.68 Å². The van der Waals surface area contributed by atoms with Gasteiger partial charge in [0, 0.05) is 17.8 Å². The van der Waals surface area contributed by atoms with Crippen LogP contribution < -0.4 is 5.32 Å². The largest absolute Gasteiger partial charge is 0.313 e. The fourth-order valence-corrected chi connectivity index (χ4v) is 1.89. The lowest BCUT2D eigenvalue weighted by Gasteiger charge is -2.15. The summed E-state index contributed by atoms with van der Waals surface area (Å²) in [7, 11) is 0. The zero-order chi connectivity index (χ0) is 11.3.